The molecular formula is C29H23NO2. The molecule has 6 rings (SSSR count). The van der Waals surface area contributed by atoms with Gasteiger partial charge >= 0.3 is 0 Å². The molecule has 3 aliphatic rings. The monoisotopic (exact) mass is 417 g/mol. The summed E-state index contributed by atoms with van der Waals surface area (Å²) in [5, 5.41) is 0. The number of imide groups is 1. The normalized spacial score (nSPS) is 25.5. The van der Waals surface area contributed by atoms with Crippen LogP contribution in [0.25, 0.3) is 5.57 Å². The number of fused-ring (bicyclic) bond motifs is 5. The van der Waals surface area contributed by atoms with E-state index in [-0.39, 0.29) is 35.5 Å². The fourth-order valence-electron chi connectivity index (χ4n) is 5.79. The number of benzene rings is 3. The molecule has 1 saturated heterocycles. The lowest BCUT2D eigenvalue weighted by Gasteiger charge is -2.21. The number of likely N-dealkylation sites (tertiary alicyclic amines) is 1. The van der Waals surface area contributed by atoms with Crippen LogP contribution in [0.1, 0.15) is 16.7 Å². The quantitative estimate of drug-likeness (QED) is 0.437. The minimum atomic E-state index is -0.293. The Bertz CT molecular complexity index is 1170. The van der Waals surface area contributed by atoms with Gasteiger partial charge in [0.05, 0.1) is 18.4 Å². The van der Waals surface area contributed by atoms with Gasteiger partial charge in [-0.1, -0.05) is 103 Å². The maximum Gasteiger partial charge on any atom is 0.234 e. The van der Waals surface area contributed by atoms with Crippen molar-refractivity contribution in [2.75, 3.05) is 0 Å². The van der Waals surface area contributed by atoms with Crippen molar-refractivity contribution in [3.05, 3.63) is 125 Å². The number of allylic oxidation sites excluding steroid dienone is 3. The molecule has 0 aromatic heterocycles. The van der Waals surface area contributed by atoms with Crippen molar-refractivity contribution < 1.29 is 9.59 Å². The summed E-state index contributed by atoms with van der Waals surface area (Å²) in [4.78, 5) is 28.4. The second-order valence-corrected chi connectivity index (χ2v) is 8.80. The molecule has 3 heteroatoms. The van der Waals surface area contributed by atoms with Gasteiger partial charge in [0.25, 0.3) is 0 Å². The number of carbonyl (C=O) groups is 2. The van der Waals surface area contributed by atoms with Gasteiger partial charge in [-0.05, 0) is 27.8 Å². The van der Waals surface area contributed by atoms with Crippen LogP contribution >= 0.6 is 0 Å². The summed E-state index contributed by atoms with van der Waals surface area (Å²) in [6.07, 6.45) is 4.31. The van der Waals surface area contributed by atoms with Crippen molar-refractivity contribution >= 4 is 17.4 Å². The summed E-state index contributed by atoms with van der Waals surface area (Å²) in [5.74, 6) is -0.704. The SMILES string of the molecule is O=C1[C@@H]2[C@H](C(=O)N1Cc1ccccc1)[C@H]1C=C[C@H]2C1=C(c1ccccc1)c1ccccc1. The van der Waals surface area contributed by atoms with Gasteiger partial charge in [0.2, 0.25) is 11.8 Å². The van der Waals surface area contributed by atoms with Gasteiger partial charge in [-0.25, -0.2) is 0 Å². The molecule has 3 nitrogen and oxygen atoms in total. The summed E-state index contributed by atoms with van der Waals surface area (Å²) < 4.78 is 0. The molecule has 0 radical (unpaired) electrons. The molecule has 4 atom stereocenters. The van der Waals surface area contributed by atoms with E-state index in [1.54, 1.807) is 0 Å². The molecule has 2 aliphatic carbocycles. The van der Waals surface area contributed by atoms with Crippen LogP contribution in [-0.2, 0) is 16.1 Å². The van der Waals surface area contributed by atoms with Crippen molar-refractivity contribution in [1.82, 2.24) is 4.90 Å². The first-order chi connectivity index (χ1) is 15.7. The Kier molecular flexibility index (Phi) is 4.43. The number of carbonyl (C=O) groups excluding carboxylic acids is 2. The van der Waals surface area contributed by atoms with E-state index in [0.29, 0.717) is 6.54 Å². The maximum atomic E-state index is 13.5. The minimum Gasteiger partial charge on any atom is -0.278 e. The average Bonchev–Trinajstić information content (AvgIpc) is 3.47. The van der Waals surface area contributed by atoms with Crippen LogP contribution in [0.3, 0.4) is 0 Å². The smallest absolute Gasteiger partial charge is 0.234 e. The Morgan fingerprint density at radius 1 is 0.625 bits per heavy atom. The molecule has 0 unspecified atom stereocenters. The van der Waals surface area contributed by atoms with Crippen molar-refractivity contribution in [2.24, 2.45) is 23.7 Å². The van der Waals surface area contributed by atoms with Crippen LogP contribution in [0.2, 0.25) is 0 Å². The van der Waals surface area contributed by atoms with Crippen LogP contribution in [0, 0.1) is 23.7 Å². The van der Waals surface area contributed by atoms with E-state index in [1.165, 1.54) is 10.5 Å². The topological polar surface area (TPSA) is 37.4 Å². The molecule has 2 bridgehead atoms. The molecule has 2 amide bonds. The molecule has 1 heterocycles. The minimum absolute atomic E-state index is 0.0290. The second kappa shape index (κ2) is 7.45. The van der Waals surface area contributed by atoms with Crippen LogP contribution in [0.4, 0.5) is 0 Å². The zero-order valence-electron chi connectivity index (χ0n) is 17.6. The van der Waals surface area contributed by atoms with Crippen molar-refractivity contribution in [2.45, 2.75) is 6.54 Å². The summed E-state index contributed by atoms with van der Waals surface area (Å²) in [7, 11) is 0. The average molecular weight is 418 g/mol. The van der Waals surface area contributed by atoms with E-state index in [0.717, 1.165) is 22.3 Å². The standard InChI is InChI=1S/C29H23NO2/c31-28-26-22-16-17-23(27(26)29(32)30(28)18-19-10-4-1-5-11-19)25(22)24(20-12-6-2-7-13-20)21-14-8-3-9-15-21/h1-17,22-23,26-27H,18H2/t22-,23-,26-,27+/m0/s1. The molecule has 0 N–H and O–H groups in total. The summed E-state index contributed by atoms with van der Waals surface area (Å²) in [5.41, 5.74) is 5.63. The second-order valence-electron chi connectivity index (χ2n) is 8.80. The molecule has 2 fully saturated rings. The van der Waals surface area contributed by atoms with E-state index in [4.69, 9.17) is 0 Å². The Balaban J connectivity index is 1.44. The zero-order chi connectivity index (χ0) is 21.7. The van der Waals surface area contributed by atoms with Gasteiger partial charge in [-0.3, -0.25) is 14.5 Å². The third kappa shape index (κ3) is 2.81. The van der Waals surface area contributed by atoms with Gasteiger partial charge in [0.1, 0.15) is 0 Å². The van der Waals surface area contributed by atoms with Crippen molar-refractivity contribution in [3.63, 3.8) is 0 Å². The van der Waals surface area contributed by atoms with Crippen LogP contribution in [0.15, 0.2) is 109 Å². The molecule has 156 valence electrons. The summed E-state index contributed by atoms with van der Waals surface area (Å²) in [6.45, 7) is 0.355. The van der Waals surface area contributed by atoms with Gasteiger partial charge < -0.3 is 0 Å². The van der Waals surface area contributed by atoms with Crippen molar-refractivity contribution in [3.8, 4) is 0 Å². The zero-order valence-corrected chi connectivity index (χ0v) is 17.6. The predicted octanol–water partition coefficient (Wildman–Crippen LogP) is 5.11. The highest BCUT2D eigenvalue weighted by molar-refractivity contribution is 6.08. The Morgan fingerprint density at radius 2 is 1.06 bits per heavy atom. The molecular weight excluding hydrogens is 394 g/mol. The largest absolute Gasteiger partial charge is 0.278 e. The molecule has 32 heavy (non-hydrogen) atoms. The van der Waals surface area contributed by atoms with E-state index in [9.17, 15) is 9.59 Å². The maximum absolute atomic E-state index is 13.5. The number of amides is 2. The first-order valence-electron chi connectivity index (χ1n) is 11.2. The fraction of sp³-hybridized carbons (Fsp3) is 0.172. The van der Waals surface area contributed by atoms with Gasteiger partial charge in [0, 0.05) is 11.8 Å². The third-order valence-electron chi connectivity index (χ3n) is 7.10. The van der Waals surface area contributed by atoms with Crippen LogP contribution in [-0.4, -0.2) is 16.7 Å². The lowest BCUT2D eigenvalue weighted by Crippen LogP contribution is -2.32. The van der Waals surface area contributed by atoms with E-state index < -0.39 is 0 Å². The molecule has 0 spiro atoms. The first-order valence-corrected chi connectivity index (χ1v) is 11.2. The van der Waals surface area contributed by atoms with E-state index in [1.807, 2.05) is 66.7 Å². The highest BCUT2D eigenvalue weighted by Gasteiger charge is 2.62. The number of nitrogens with zero attached hydrogens (tertiary/aromatic N) is 1. The predicted molar refractivity (Wildman–Crippen MR) is 124 cm³/mol. The first kappa shape index (κ1) is 19.0. The molecule has 3 aromatic rings. The summed E-state index contributed by atoms with van der Waals surface area (Å²) >= 11 is 0. The Labute approximate surface area is 187 Å². The van der Waals surface area contributed by atoms with Crippen LogP contribution in [0.5, 0.6) is 0 Å². The molecule has 3 aromatic carbocycles. The van der Waals surface area contributed by atoms with Gasteiger partial charge in [-0.2, -0.15) is 0 Å². The third-order valence-corrected chi connectivity index (χ3v) is 7.10. The summed E-state index contributed by atoms with van der Waals surface area (Å²) in [6, 6.07) is 30.5. The van der Waals surface area contributed by atoms with Gasteiger partial charge in [-0.15, -0.1) is 0 Å². The lowest BCUT2D eigenvalue weighted by molar-refractivity contribution is -0.141. The fourth-order valence-corrected chi connectivity index (χ4v) is 5.79. The molecule has 1 aliphatic heterocycles. The lowest BCUT2D eigenvalue weighted by atomic mass is 9.85. The van der Waals surface area contributed by atoms with Crippen LogP contribution < -0.4 is 0 Å². The Morgan fingerprint density at radius 3 is 1.53 bits per heavy atom. The highest BCUT2D eigenvalue weighted by atomic mass is 16.2. The number of hydrogen-bond acceptors (Lipinski definition) is 2. The van der Waals surface area contributed by atoms with E-state index >= 15 is 0 Å². The van der Waals surface area contributed by atoms with Crippen molar-refractivity contribution in [1.29, 1.82) is 0 Å². The number of rotatable bonds is 4. The van der Waals surface area contributed by atoms with Gasteiger partial charge in [0.15, 0.2) is 0 Å². The molecule has 1 saturated carbocycles. The van der Waals surface area contributed by atoms with E-state index in [2.05, 4.69) is 36.4 Å². The Hall–Kier alpha value is -3.72. The number of hydrogen-bond donors (Lipinski definition) is 0. The highest BCUT2D eigenvalue weighted by Crippen LogP contribution is 2.58.